The molecule has 0 bridgehead atoms. The topological polar surface area (TPSA) is 29.5 Å². The molecule has 0 aliphatic heterocycles. The zero-order valence-electron chi connectivity index (χ0n) is 12.3. The Morgan fingerprint density at radius 3 is 2.59 bits per heavy atom. The third-order valence-corrected chi connectivity index (χ3v) is 3.49. The first-order valence-electron chi connectivity index (χ1n) is 6.99. The molecule has 2 aromatic carbocycles. The highest BCUT2D eigenvalue weighted by Crippen LogP contribution is 2.24. The first kappa shape index (κ1) is 16.3. The summed E-state index contributed by atoms with van der Waals surface area (Å²) in [4.78, 5) is 13.9. The van der Waals surface area contributed by atoms with E-state index in [0.717, 1.165) is 11.6 Å². The van der Waals surface area contributed by atoms with Gasteiger partial charge in [0.1, 0.15) is 11.6 Å². The predicted molar refractivity (Wildman–Crippen MR) is 84.4 cm³/mol. The summed E-state index contributed by atoms with van der Waals surface area (Å²) in [7, 11) is 0. The van der Waals surface area contributed by atoms with Gasteiger partial charge in [-0.15, -0.1) is 0 Å². The molecular formula is C17H17ClFNO2. The molecule has 0 N–H and O–H groups in total. The lowest BCUT2D eigenvalue weighted by atomic mass is 10.2. The second-order valence-electron chi connectivity index (χ2n) is 4.76. The fourth-order valence-electron chi connectivity index (χ4n) is 2.00. The summed E-state index contributed by atoms with van der Waals surface area (Å²) >= 11 is 5.87. The predicted octanol–water partition coefficient (Wildman–Crippen LogP) is 3.91. The van der Waals surface area contributed by atoms with Crippen molar-refractivity contribution in [3.63, 3.8) is 0 Å². The van der Waals surface area contributed by atoms with Crippen molar-refractivity contribution >= 4 is 17.5 Å². The van der Waals surface area contributed by atoms with E-state index in [9.17, 15) is 9.18 Å². The monoisotopic (exact) mass is 321 g/mol. The summed E-state index contributed by atoms with van der Waals surface area (Å²) in [6.45, 7) is 2.88. The van der Waals surface area contributed by atoms with Crippen LogP contribution in [-0.4, -0.2) is 24.0 Å². The van der Waals surface area contributed by atoms with Gasteiger partial charge < -0.3 is 9.64 Å². The fraction of sp³-hybridized carbons (Fsp3) is 0.235. The second kappa shape index (κ2) is 7.80. The van der Waals surface area contributed by atoms with Gasteiger partial charge in [-0.05, 0) is 30.7 Å². The van der Waals surface area contributed by atoms with Crippen LogP contribution in [0.3, 0.4) is 0 Å². The van der Waals surface area contributed by atoms with Crippen molar-refractivity contribution in [1.29, 1.82) is 0 Å². The van der Waals surface area contributed by atoms with Gasteiger partial charge in [-0.2, -0.15) is 0 Å². The van der Waals surface area contributed by atoms with E-state index in [1.54, 1.807) is 4.90 Å². The lowest BCUT2D eigenvalue weighted by Gasteiger charge is -2.21. The van der Waals surface area contributed by atoms with E-state index >= 15 is 0 Å². The van der Waals surface area contributed by atoms with Gasteiger partial charge >= 0.3 is 0 Å². The van der Waals surface area contributed by atoms with Gasteiger partial charge in [0.05, 0.1) is 5.02 Å². The number of hydrogen-bond donors (Lipinski definition) is 0. The third kappa shape index (κ3) is 4.46. The van der Waals surface area contributed by atoms with Crippen LogP contribution in [0, 0.1) is 5.82 Å². The molecule has 0 heterocycles. The zero-order valence-corrected chi connectivity index (χ0v) is 13.0. The lowest BCUT2D eigenvalue weighted by Crippen LogP contribution is -2.34. The normalized spacial score (nSPS) is 10.3. The minimum atomic E-state index is -0.442. The van der Waals surface area contributed by atoms with Crippen LogP contribution in [0.5, 0.6) is 5.75 Å². The molecule has 0 saturated heterocycles. The molecule has 0 fully saturated rings. The Morgan fingerprint density at radius 2 is 1.95 bits per heavy atom. The summed E-state index contributed by atoms with van der Waals surface area (Å²) < 4.78 is 18.3. The number of halogens is 2. The number of benzene rings is 2. The summed E-state index contributed by atoms with van der Waals surface area (Å²) in [5.74, 6) is -0.290. The zero-order chi connectivity index (χ0) is 15.9. The van der Waals surface area contributed by atoms with E-state index in [-0.39, 0.29) is 17.5 Å². The molecule has 0 radical (unpaired) electrons. The highest BCUT2D eigenvalue weighted by molar-refractivity contribution is 6.32. The molecule has 1 amide bonds. The molecule has 3 nitrogen and oxygen atoms in total. The number of amides is 1. The minimum absolute atomic E-state index is 0.133. The largest absolute Gasteiger partial charge is 0.482 e. The maximum atomic E-state index is 13.0. The molecule has 0 aromatic heterocycles. The van der Waals surface area contributed by atoms with E-state index < -0.39 is 5.82 Å². The first-order chi connectivity index (χ1) is 10.6. The van der Waals surface area contributed by atoms with Crippen LogP contribution in [0.25, 0.3) is 0 Å². The lowest BCUT2D eigenvalue weighted by molar-refractivity contribution is -0.133. The molecule has 0 spiro atoms. The molecule has 0 atom stereocenters. The molecule has 2 rings (SSSR count). The Balaban J connectivity index is 1.94. The van der Waals surface area contributed by atoms with Crippen LogP contribution in [-0.2, 0) is 11.3 Å². The van der Waals surface area contributed by atoms with Gasteiger partial charge in [0.25, 0.3) is 5.91 Å². The smallest absolute Gasteiger partial charge is 0.260 e. The summed E-state index contributed by atoms with van der Waals surface area (Å²) in [6, 6.07) is 13.5. The van der Waals surface area contributed by atoms with E-state index in [2.05, 4.69) is 0 Å². The average Bonchev–Trinajstić information content (AvgIpc) is 2.52. The Kier molecular flexibility index (Phi) is 5.78. The Hall–Kier alpha value is -2.07. The molecule has 2 aromatic rings. The Labute approximate surface area is 134 Å². The van der Waals surface area contributed by atoms with Crippen molar-refractivity contribution in [2.75, 3.05) is 13.2 Å². The van der Waals surface area contributed by atoms with Gasteiger partial charge in [0.2, 0.25) is 0 Å². The average molecular weight is 322 g/mol. The Bertz CT molecular complexity index is 634. The van der Waals surface area contributed by atoms with Gasteiger partial charge in [0, 0.05) is 13.1 Å². The van der Waals surface area contributed by atoms with Crippen molar-refractivity contribution in [2.24, 2.45) is 0 Å². The fourth-order valence-corrected chi connectivity index (χ4v) is 2.22. The maximum Gasteiger partial charge on any atom is 0.260 e. The molecule has 5 heteroatoms. The molecule has 116 valence electrons. The molecule has 22 heavy (non-hydrogen) atoms. The summed E-state index contributed by atoms with van der Waals surface area (Å²) in [5, 5.41) is 0.152. The van der Waals surface area contributed by atoms with Gasteiger partial charge in [-0.3, -0.25) is 4.79 Å². The maximum absolute atomic E-state index is 13.0. The first-order valence-corrected chi connectivity index (χ1v) is 7.37. The van der Waals surface area contributed by atoms with Crippen LogP contribution in [0.4, 0.5) is 4.39 Å². The molecular weight excluding hydrogens is 305 g/mol. The van der Waals surface area contributed by atoms with Crippen LogP contribution in [0.15, 0.2) is 48.5 Å². The van der Waals surface area contributed by atoms with Gasteiger partial charge in [-0.1, -0.05) is 41.9 Å². The van der Waals surface area contributed by atoms with Crippen molar-refractivity contribution in [2.45, 2.75) is 13.5 Å². The highest BCUT2D eigenvalue weighted by atomic mass is 35.5. The van der Waals surface area contributed by atoms with Crippen molar-refractivity contribution in [3.8, 4) is 5.75 Å². The van der Waals surface area contributed by atoms with Crippen molar-refractivity contribution in [3.05, 3.63) is 64.9 Å². The molecule has 0 aliphatic rings. The number of hydrogen-bond acceptors (Lipinski definition) is 2. The molecule has 0 aliphatic carbocycles. The Morgan fingerprint density at radius 1 is 1.23 bits per heavy atom. The number of nitrogens with zero attached hydrogens (tertiary/aromatic N) is 1. The number of ether oxygens (including phenoxy) is 1. The molecule has 0 unspecified atom stereocenters. The minimum Gasteiger partial charge on any atom is -0.482 e. The van der Waals surface area contributed by atoms with Crippen LogP contribution < -0.4 is 4.74 Å². The molecule has 0 saturated carbocycles. The summed E-state index contributed by atoms with van der Waals surface area (Å²) in [5.41, 5.74) is 1.05. The quantitative estimate of drug-likeness (QED) is 0.807. The van der Waals surface area contributed by atoms with E-state index in [0.29, 0.717) is 18.8 Å². The van der Waals surface area contributed by atoms with E-state index in [1.165, 1.54) is 12.1 Å². The third-order valence-electron chi connectivity index (χ3n) is 3.20. The SMILES string of the molecule is CCN(Cc1ccccc1)C(=O)COc1ccc(F)cc1Cl. The van der Waals surface area contributed by atoms with Crippen LogP contribution in [0.1, 0.15) is 12.5 Å². The number of carbonyl (C=O) groups excluding carboxylic acids is 1. The summed E-state index contributed by atoms with van der Waals surface area (Å²) in [6.07, 6.45) is 0. The van der Waals surface area contributed by atoms with E-state index in [1.807, 2.05) is 37.3 Å². The van der Waals surface area contributed by atoms with Crippen LogP contribution >= 0.6 is 11.6 Å². The van der Waals surface area contributed by atoms with Crippen molar-refractivity contribution < 1.29 is 13.9 Å². The van der Waals surface area contributed by atoms with E-state index in [4.69, 9.17) is 16.3 Å². The standard InChI is InChI=1S/C17H17ClFNO2/c1-2-20(11-13-6-4-3-5-7-13)17(21)12-22-16-9-8-14(19)10-15(16)18/h3-10H,2,11-12H2,1H3. The van der Waals surface area contributed by atoms with Gasteiger partial charge in [0.15, 0.2) is 6.61 Å². The van der Waals surface area contributed by atoms with Crippen molar-refractivity contribution in [1.82, 2.24) is 4.90 Å². The number of carbonyl (C=O) groups is 1. The van der Waals surface area contributed by atoms with Crippen LogP contribution in [0.2, 0.25) is 5.02 Å². The highest BCUT2D eigenvalue weighted by Gasteiger charge is 2.14. The van der Waals surface area contributed by atoms with Gasteiger partial charge in [-0.25, -0.2) is 4.39 Å². The number of rotatable bonds is 6. The second-order valence-corrected chi connectivity index (χ2v) is 5.16. The number of likely N-dealkylation sites (N-methyl/N-ethyl adjacent to an activating group) is 1.